The van der Waals surface area contributed by atoms with Crippen molar-refractivity contribution < 1.29 is 14.6 Å². The third-order valence-corrected chi connectivity index (χ3v) is 9.74. The van der Waals surface area contributed by atoms with E-state index < -0.39 is 11.0 Å². The average molecular weight is 521 g/mol. The molecule has 206 valence electrons. The van der Waals surface area contributed by atoms with Crippen LogP contribution in [0.2, 0.25) is 0 Å². The molecule has 0 unspecified atom stereocenters. The van der Waals surface area contributed by atoms with Gasteiger partial charge in [0.15, 0.2) is 0 Å². The summed E-state index contributed by atoms with van der Waals surface area (Å²) in [5.74, 6) is 1.18. The highest BCUT2D eigenvalue weighted by atomic mass is 16.5. The number of hydrogen-bond acceptors (Lipinski definition) is 6. The van der Waals surface area contributed by atoms with E-state index in [4.69, 9.17) is 4.74 Å². The number of likely N-dealkylation sites (tertiary alicyclic amines) is 2. The molecule has 38 heavy (non-hydrogen) atoms. The van der Waals surface area contributed by atoms with E-state index in [1.165, 1.54) is 29.5 Å². The van der Waals surface area contributed by atoms with Gasteiger partial charge in [-0.05, 0) is 114 Å². The summed E-state index contributed by atoms with van der Waals surface area (Å²) in [5, 5.41) is 17.3. The first-order valence-electron chi connectivity index (χ1n) is 14.6. The lowest BCUT2D eigenvalue weighted by Crippen LogP contribution is -2.71. The lowest BCUT2D eigenvalue weighted by atomic mass is 9.52. The number of benzene rings is 1. The highest BCUT2D eigenvalue weighted by molar-refractivity contribution is 5.78. The second-order valence-electron chi connectivity index (χ2n) is 13.5. The van der Waals surface area contributed by atoms with Gasteiger partial charge >= 0.3 is 5.97 Å². The van der Waals surface area contributed by atoms with Crippen molar-refractivity contribution in [2.24, 2.45) is 11.3 Å². The van der Waals surface area contributed by atoms with Crippen LogP contribution in [0.5, 0.6) is 5.75 Å². The van der Waals surface area contributed by atoms with Crippen LogP contribution in [-0.4, -0.2) is 75.0 Å². The molecule has 3 heterocycles. The van der Waals surface area contributed by atoms with Crippen molar-refractivity contribution in [1.82, 2.24) is 19.6 Å². The van der Waals surface area contributed by atoms with E-state index in [1.807, 2.05) is 37.7 Å². The van der Waals surface area contributed by atoms with E-state index in [-0.39, 0.29) is 17.4 Å². The highest BCUT2D eigenvalue weighted by Gasteiger charge is 2.63. The number of aryl methyl sites for hydroxylation is 1. The molecular formula is C31H44N4O3. The number of fused-ring (bicyclic) bond motifs is 1. The van der Waals surface area contributed by atoms with Crippen LogP contribution < -0.4 is 4.74 Å². The predicted octanol–water partition coefficient (Wildman–Crippen LogP) is 3.95. The normalized spacial score (nSPS) is 29.9. The Morgan fingerprint density at radius 2 is 1.89 bits per heavy atom. The molecule has 2 bridgehead atoms. The number of nitrogens with zero attached hydrogens (tertiary/aromatic N) is 4. The Kier molecular flexibility index (Phi) is 6.48. The van der Waals surface area contributed by atoms with Gasteiger partial charge in [-0.1, -0.05) is 6.07 Å². The Labute approximate surface area is 227 Å². The number of carbonyl (C=O) groups excluding carboxylic acids is 1. The molecule has 1 N–H and O–H groups in total. The van der Waals surface area contributed by atoms with E-state index in [0.29, 0.717) is 5.75 Å². The lowest BCUT2D eigenvalue weighted by molar-refractivity contribution is -0.149. The Morgan fingerprint density at radius 3 is 2.61 bits per heavy atom. The summed E-state index contributed by atoms with van der Waals surface area (Å²) < 4.78 is 7.89. The Bertz CT molecular complexity index is 1200. The molecule has 3 atom stereocenters. The first-order valence-corrected chi connectivity index (χ1v) is 14.6. The number of hydrogen-bond donors (Lipinski definition) is 1. The zero-order chi connectivity index (χ0) is 26.7. The van der Waals surface area contributed by atoms with Crippen molar-refractivity contribution in [3.63, 3.8) is 0 Å². The van der Waals surface area contributed by atoms with E-state index in [2.05, 4.69) is 40.2 Å². The molecule has 2 aliphatic heterocycles. The molecule has 1 aromatic carbocycles. The molecule has 2 saturated heterocycles. The van der Waals surface area contributed by atoms with Gasteiger partial charge in [-0.15, -0.1) is 0 Å². The Morgan fingerprint density at radius 1 is 1.13 bits per heavy atom. The number of carbonyl (C=O) groups is 1. The van der Waals surface area contributed by atoms with Gasteiger partial charge in [0.05, 0.1) is 23.8 Å². The van der Waals surface area contributed by atoms with Crippen LogP contribution in [0.25, 0.3) is 0 Å². The van der Waals surface area contributed by atoms with Crippen molar-refractivity contribution >= 4 is 5.97 Å². The molecule has 3 fully saturated rings. The molecule has 0 amide bonds. The van der Waals surface area contributed by atoms with Gasteiger partial charge in [0.1, 0.15) is 5.75 Å². The van der Waals surface area contributed by atoms with Crippen molar-refractivity contribution in [3.05, 3.63) is 47.3 Å². The van der Waals surface area contributed by atoms with Crippen LogP contribution in [-0.2, 0) is 23.2 Å². The van der Waals surface area contributed by atoms with Crippen LogP contribution in [0.15, 0.2) is 30.6 Å². The summed E-state index contributed by atoms with van der Waals surface area (Å²) in [6.07, 6.45) is 10.2. The van der Waals surface area contributed by atoms with Crippen molar-refractivity contribution in [3.8, 4) is 5.75 Å². The maximum absolute atomic E-state index is 12.8. The number of piperidine rings is 1. The molecule has 6 rings (SSSR count). The molecule has 1 saturated carbocycles. The molecule has 0 radical (unpaired) electrons. The standard InChI is InChI=1S/C31H44N4O3/c1-22-19-32-35(20-22)16-15-33-12-9-30-10-14-34(21-23-5-6-23)27(31(30,37)11-13-33)17-24-7-8-25(18-26(24)30)38-28(36)29(2,3)4/h7-8,18-20,23,27,37H,5-6,9-17,21H2,1-4H3/t27-,30+,31-/m1/s1. The number of ether oxygens (including phenoxy) is 1. The smallest absolute Gasteiger partial charge is 0.316 e. The van der Waals surface area contributed by atoms with E-state index in [9.17, 15) is 9.90 Å². The second-order valence-corrected chi connectivity index (χ2v) is 13.5. The van der Waals surface area contributed by atoms with Crippen molar-refractivity contribution in [1.29, 1.82) is 0 Å². The second kappa shape index (κ2) is 9.46. The molecule has 4 aliphatic rings. The van der Waals surface area contributed by atoms with Crippen molar-refractivity contribution in [2.45, 2.75) is 89.8 Å². The largest absolute Gasteiger partial charge is 0.426 e. The quantitative estimate of drug-likeness (QED) is 0.460. The summed E-state index contributed by atoms with van der Waals surface area (Å²) >= 11 is 0. The van der Waals surface area contributed by atoms with Gasteiger partial charge in [0, 0.05) is 37.3 Å². The van der Waals surface area contributed by atoms with Gasteiger partial charge < -0.3 is 14.7 Å². The first-order chi connectivity index (χ1) is 18.1. The molecule has 1 aromatic heterocycles. The van der Waals surface area contributed by atoms with Crippen LogP contribution in [0.1, 0.15) is 69.6 Å². The Hall–Kier alpha value is -2.22. The van der Waals surface area contributed by atoms with Crippen LogP contribution in [0.4, 0.5) is 0 Å². The van der Waals surface area contributed by atoms with Crippen LogP contribution in [0.3, 0.4) is 0 Å². The summed E-state index contributed by atoms with van der Waals surface area (Å²) in [6.45, 7) is 13.5. The third kappa shape index (κ3) is 4.61. The number of aromatic nitrogens is 2. The summed E-state index contributed by atoms with van der Waals surface area (Å²) in [5.41, 5.74) is 2.03. The number of esters is 1. The predicted molar refractivity (Wildman–Crippen MR) is 147 cm³/mol. The SMILES string of the molecule is Cc1cnn(CCN2CC[C@]34CCN(CC5CC5)[C@H](Cc5ccc(OC(=O)C(C)(C)C)cc53)[C@]4(O)CC2)c1. The minimum Gasteiger partial charge on any atom is -0.426 e. The minimum atomic E-state index is -0.795. The van der Waals surface area contributed by atoms with Gasteiger partial charge in [-0.3, -0.25) is 14.4 Å². The fraction of sp³-hybridized carbons (Fsp3) is 0.677. The maximum Gasteiger partial charge on any atom is 0.316 e. The zero-order valence-electron chi connectivity index (χ0n) is 23.6. The fourth-order valence-electron chi connectivity index (χ4n) is 7.28. The fourth-order valence-corrected chi connectivity index (χ4v) is 7.28. The molecule has 2 aliphatic carbocycles. The molecular weight excluding hydrogens is 476 g/mol. The number of aliphatic hydroxyl groups is 1. The van der Waals surface area contributed by atoms with Gasteiger partial charge in [0.25, 0.3) is 0 Å². The Balaban J connectivity index is 1.32. The van der Waals surface area contributed by atoms with Crippen molar-refractivity contribution in [2.75, 3.05) is 32.7 Å². The molecule has 0 spiro atoms. The lowest BCUT2D eigenvalue weighted by Gasteiger charge is -2.61. The topological polar surface area (TPSA) is 70.8 Å². The maximum atomic E-state index is 12.8. The van der Waals surface area contributed by atoms with Gasteiger partial charge in [-0.25, -0.2) is 0 Å². The first kappa shape index (κ1) is 26.0. The summed E-state index contributed by atoms with van der Waals surface area (Å²) in [7, 11) is 0. The molecule has 7 heteroatoms. The monoisotopic (exact) mass is 520 g/mol. The summed E-state index contributed by atoms with van der Waals surface area (Å²) in [4.78, 5) is 17.8. The molecule has 7 nitrogen and oxygen atoms in total. The average Bonchev–Trinajstić information content (AvgIpc) is 3.61. The zero-order valence-corrected chi connectivity index (χ0v) is 23.6. The molecule has 2 aromatic rings. The van der Waals surface area contributed by atoms with Gasteiger partial charge in [-0.2, -0.15) is 5.10 Å². The van der Waals surface area contributed by atoms with E-state index in [0.717, 1.165) is 70.9 Å². The van der Waals surface area contributed by atoms with Gasteiger partial charge in [0.2, 0.25) is 0 Å². The summed E-state index contributed by atoms with van der Waals surface area (Å²) in [6, 6.07) is 6.36. The van der Waals surface area contributed by atoms with E-state index in [1.54, 1.807) is 0 Å². The van der Waals surface area contributed by atoms with E-state index >= 15 is 0 Å². The third-order valence-electron chi connectivity index (χ3n) is 9.74. The highest BCUT2D eigenvalue weighted by Crippen LogP contribution is 2.56. The van der Waals surface area contributed by atoms with Crippen LogP contribution >= 0.6 is 0 Å². The minimum absolute atomic E-state index is 0.140. The number of rotatable bonds is 6. The van der Waals surface area contributed by atoms with Crippen LogP contribution in [0, 0.1) is 18.3 Å².